The molecule has 0 aliphatic rings. The van der Waals surface area contributed by atoms with E-state index in [0.29, 0.717) is 30.6 Å². The summed E-state index contributed by atoms with van der Waals surface area (Å²) in [5.74, 6) is 0.811. The molecule has 2 heterocycles. The highest BCUT2D eigenvalue weighted by Crippen LogP contribution is 2.19. The van der Waals surface area contributed by atoms with E-state index in [1.807, 2.05) is 32.3 Å². The number of aromatic nitrogens is 5. The molecule has 8 nitrogen and oxygen atoms in total. The lowest BCUT2D eigenvalue weighted by Crippen LogP contribution is -2.28. The Hall–Kier alpha value is -2.51. The average molecular weight is 346 g/mol. The minimum absolute atomic E-state index is 0.00191. The van der Waals surface area contributed by atoms with Crippen molar-refractivity contribution in [1.29, 1.82) is 0 Å². The van der Waals surface area contributed by atoms with Gasteiger partial charge in [-0.15, -0.1) is 10.2 Å². The number of hydrogen-bond acceptors (Lipinski definition) is 5. The summed E-state index contributed by atoms with van der Waals surface area (Å²) in [4.78, 5) is 23.9. The van der Waals surface area contributed by atoms with Crippen molar-refractivity contribution in [3.8, 4) is 0 Å². The quantitative estimate of drug-likeness (QED) is 0.733. The Morgan fingerprint density at radius 2 is 2.04 bits per heavy atom. The largest absolute Gasteiger partial charge is 0.356 e. The molecule has 1 N–H and O–H groups in total. The molecule has 1 atom stereocenters. The second kappa shape index (κ2) is 8.04. The van der Waals surface area contributed by atoms with Gasteiger partial charge in [0.05, 0.1) is 17.3 Å². The zero-order valence-electron chi connectivity index (χ0n) is 15.5. The highest BCUT2D eigenvalue weighted by Gasteiger charge is 2.20. The maximum atomic E-state index is 12.2. The van der Waals surface area contributed by atoms with Crippen LogP contribution in [0.3, 0.4) is 0 Å². The minimum atomic E-state index is -0.119. The number of rotatable bonds is 8. The zero-order chi connectivity index (χ0) is 18.6. The Kier molecular flexibility index (Phi) is 6.06. The first-order valence-corrected chi connectivity index (χ1v) is 8.55. The van der Waals surface area contributed by atoms with Crippen molar-refractivity contribution in [2.45, 2.75) is 60.0 Å². The van der Waals surface area contributed by atoms with E-state index in [0.717, 1.165) is 18.1 Å². The van der Waals surface area contributed by atoms with Crippen molar-refractivity contribution in [1.82, 2.24) is 29.9 Å². The molecule has 0 radical (unpaired) electrons. The minimum Gasteiger partial charge on any atom is -0.356 e. The molecule has 136 valence electrons. The van der Waals surface area contributed by atoms with Crippen LogP contribution in [0.25, 0.3) is 0 Å². The summed E-state index contributed by atoms with van der Waals surface area (Å²) in [5, 5.41) is 15.3. The molecule has 0 aliphatic heterocycles. The van der Waals surface area contributed by atoms with Crippen LogP contribution >= 0.6 is 0 Å². The first kappa shape index (κ1) is 18.8. The molecule has 0 saturated carbocycles. The van der Waals surface area contributed by atoms with Crippen LogP contribution in [0.5, 0.6) is 0 Å². The van der Waals surface area contributed by atoms with Gasteiger partial charge in [-0.3, -0.25) is 14.3 Å². The maximum absolute atomic E-state index is 12.2. The van der Waals surface area contributed by atoms with Gasteiger partial charge in [0.2, 0.25) is 5.91 Å². The van der Waals surface area contributed by atoms with E-state index in [9.17, 15) is 9.59 Å². The van der Waals surface area contributed by atoms with Crippen LogP contribution in [0.2, 0.25) is 0 Å². The van der Waals surface area contributed by atoms with Gasteiger partial charge in [-0.05, 0) is 34.6 Å². The van der Waals surface area contributed by atoms with E-state index in [4.69, 9.17) is 0 Å². The van der Waals surface area contributed by atoms with Gasteiger partial charge < -0.3 is 9.88 Å². The van der Waals surface area contributed by atoms with Gasteiger partial charge in [0.15, 0.2) is 5.78 Å². The van der Waals surface area contributed by atoms with E-state index in [1.165, 1.54) is 6.92 Å². The van der Waals surface area contributed by atoms with Gasteiger partial charge in [0.25, 0.3) is 0 Å². The molecule has 2 aromatic rings. The predicted molar refractivity (Wildman–Crippen MR) is 93.4 cm³/mol. The van der Waals surface area contributed by atoms with Gasteiger partial charge in [-0.1, -0.05) is 0 Å². The molecule has 2 aromatic heterocycles. The van der Waals surface area contributed by atoms with Crippen LogP contribution in [0.1, 0.15) is 60.8 Å². The standard InChI is InChI=1S/C17H26N6O2/c1-6-22-10-19-20-15(22)7-8-18-16(25)9-11(2)23-13(4)17(14(5)24)12(3)21-23/h10-11H,6-9H2,1-5H3,(H,18,25)/t11-/m1/s1. The Balaban J connectivity index is 1.90. The highest BCUT2D eigenvalue weighted by atomic mass is 16.1. The molecule has 0 aromatic carbocycles. The lowest BCUT2D eigenvalue weighted by Gasteiger charge is -2.14. The summed E-state index contributed by atoms with van der Waals surface area (Å²) in [6.07, 6.45) is 2.64. The van der Waals surface area contributed by atoms with Crippen LogP contribution < -0.4 is 5.32 Å². The molecular formula is C17H26N6O2. The number of aryl methyl sites for hydroxylation is 2. The molecule has 0 unspecified atom stereocenters. The van der Waals surface area contributed by atoms with Gasteiger partial charge >= 0.3 is 0 Å². The molecule has 0 fully saturated rings. The Bertz CT molecular complexity index is 761. The summed E-state index contributed by atoms with van der Waals surface area (Å²) >= 11 is 0. The molecular weight excluding hydrogens is 320 g/mol. The van der Waals surface area contributed by atoms with Crippen LogP contribution in [-0.4, -0.2) is 42.8 Å². The molecule has 0 bridgehead atoms. The summed E-state index contributed by atoms with van der Waals surface area (Å²) in [6.45, 7) is 10.5. The number of carbonyl (C=O) groups excluding carboxylic acids is 2. The summed E-state index contributed by atoms with van der Waals surface area (Å²) in [5.41, 5.74) is 2.16. The first-order chi connectivity index (χ1) is 11.8. The third-order valence-corrected chi connectivity index (χ3v) is 4.28. The van der Waals surface area contributed by atoms with E-state index in [-0.39, 0.29) is 17.7 Å². The number of Topliss-reactive ketones (excluding diaryl/α,β-unsaturated/α-hetero) is 1. The number of nitrogens with one attached hydrogen (secondary N) is 1. The molecule has 0 spiro atoms. The smallest absolute Gasteiger partial charge is 0.222 e. The Labute approximate surface area is 147 Å². The zero-order valence-corrected chi connectivity index (χ0v) is 15.5. The highest BCUT2D eigenvalue weighted by molar-refractivity contribution is 5.96. The van der Waals surface area contributed by atoms with Crippen LogP contribution in [0, 0.1) is 13.8 Å². The van der Waals surface area contributed by atoms with Crippen molar-refractivity contribution < 1.29 is 9.59 Å². The molecule has 1 amide bonds. The fourth-order valence-electron chi connectivity index (χ4n) is 3.08. The van der Waals surface area contributed by atoms with Gasteiger partial charge in [-0.25, -0.2) is 0 Å². The maximum Gasteiger partial charge on any atom is 0.222 e. The second-order valence-electron chi connectivity index (χ2n) is 6.23. The molecule has 0 aliphatic carbocycles. The average Bonchev–Trinajstić information content (AvgIpc) is 3.10. The first-order valence-electron chi connectivity index (χ1n) is 8.55. The van der Waals surface area contributed by atoms with E-state index in [1.54, 1.807) is 11.0 Å². The van der Waals surface area contributed by atoms with Crippen LogP contribution in [0.4, 0.5) is 0 Å². The number of hydrogen-bond donors (Lipinski definition) is 1. The number of nitrogens with zero attached hydrogens (tertiary/aromatic N) is 5. The van der Waals surface area contributed by atoms with E-state index in [2.05, 4.69) is 20.6 Å². The van der Waals surface area contributed by atoms with Crippen molar-refractivity contribution in [3.63, 3.8) is 0 Å². The Morgan fingerprint density at radius 3 is 2.64 bits per heavy atom. The molecule has 8 heteroatoms. The van der Waals surface area contributed by atoms with Gasteiger partial charge in [0, 0.05) is 31.6 Å². The number of amides is 1. The molecule has 0 saturated heterocycles. The Morgan fingerprint density at radius 1 is 1.32 bits per heavy atom. The van der Waals surface area contributed by atoms with Crippen LogP contribution in [0.15, 0.2) is 6.33 Å². The summed E-state index contributed by atoms with van der Waals surface area (Å²) < 4.78 is 3.72. The lowest BCUT2D eigenvalue weighted by atomic mass is 10.1. The topological polar surface area (TPSA) is 94.7 Å². The third kappa shape index (κ3) is 4.32. The lowest BCUT2D eigenvalue weighted by molar-refractivity contribution is -0.121. The fourth-order valence-corrected chi connectivity index (χ4v) is 3.08. The predicted octanol–water partition coefficient (Wildman–Crippen LogP) is 1.62. The van der Waals surface area contributed by atoms with Crippen molar-refractivity contribution in [2.75, 3.05) is 6.54 Å². The molecule has 25 heavy (non-hydrogen) atoms. The summed E-state index contributed by atoms with van der Waals surface area (Å²) in [6, 6.07) is -0.119. The van der Waals surface area contributed by atoms with Crippen molar-refractivity contribution in [2.24, 2.45) is 0 Å². The SMILES string of the molecule is CCn1cnnc1CCNC(=O)C[C@@H](C)n1nc(C)c(C(C)=O)c1C. The third-order valence-electron chi connectivity index (χ3n) is 4.28. The van der Waals surface area contributed by atoms with Gasteiger partial charge in [0.1, 0.15) is 12.2 Å². The van der Waals surface area contributed by atoms with Crippen molar-refractivity contribution >= 4 is 11.7 Å². The number of carbonyl (C=O) groups is 2. The number of ketones is 1. The van der Waals surface area contributed by atoms with Gasteiger partial charge in [-0.2, -0.15) is 5.10 Å². The van der Waals surface area contributed by atoms with Crippen molar-refractivity contribution in [3.05, 3.63) is 29.1 Å². The van der Waals surface area contributed by atoms with Crippen LogP contribution in [-0.2, 0) is 17.8 Å². The summed E-state index contributed by atoms with van der Waals surface area (Å²) in [7, 11) is 0. The fraction of sp³-hybridized carbons (Fsp3) is 0.588. The normalized spacial score (nSPS) is 12.2. The van der Waals surface area contributed by atoms with E-state index < -0.39 is 0 Å². The monoisotopic (exact) mass is 346 g/mol. The van der Waals surface area contributed by atoms with E-state index >= 15 is 0 Å². The second-order valence-corrected chi connectivity index (χ2v) is 6.23. The molecule has 2 rings (SSSR count).